The smallest absolute Gasteiger partial charge is 0.119 e. The van der Waals surface area contributed by atoms with Crippen LogP contribution in [0.25, 0.3) is 0 Å². The van der Waals surface area contributed by atoms with Crippen LogP contribution in [0.2, 0.25) is 0 Å². The summed E-state index contributed by atoms with van der Waals surface area (Å²) in [6.45, 7) is 0. The first kappa shape index (κ1) is 15.8. The van der Waals surface area contributed by atoms with E-state index in [0.717, 1.165) is 16.6 Å². The highest BCUT2D eigenvalue weighted by Gasteiger charge is 2.12. The lowest BCUT2D eigenvalue weighted by atomic mass is 9.99. The van der Waals surface area contributed by atoms with E-state index in [1.54, 1.807) is 7.11 Å². The Morgan fingerprint density at radius 2 is 1.90 bits per heavy atom. The first-order valence-corrected chi connectivity index (χ1v) is 8.26. The third kappa shape index (κ3) is 3.96. The Morgan fingerprint density at radius 3 is 2.50 bits per heavy atom. The maximum Gasteiger partial charge on any atom is 0.119 e. The summed E-state index contributed by atoms with van der Waals surface area (Å²) in [5.41, 5.74) is 2.53. The average molecular weight is 446 g/mol. The fourth-order valence-electron chi connectivity index (χ4n) is 2.14. The predicted molar refractivity (Wildman–Crippen MR) is 95.4 cm³/mol. The summed E-state index contributed by atoms with van der Waals surface area (Å²) >= 11 is 5.94. The highest BCUT2D eigenvalue weighted by atomic mass is 127. The fraction of sp³-hybridized carbons (Fsp3) is 0.250. The molecule has 1 atom stereocenters. The van der Waals surface area contributed by atoms with Crippen molar-refractivity contribution in [3.05, 3.63) is 61.6 Å². The van der Waals surface area contributed by atoms with E-state index < -0.39 is 0 Å². The molecule has 0 spiro atoms. The van der Waals surface area contributed by atoms with Gasteiger partial charge in [0.15, 0.2) is 0 Å². The standard InChI is InChI=1S/C16H17BrINO/c1-19-16(11-3-5-13(18)6-4-11)10-12-9-14(20-2)7-8-15(12)17/h3-9,16,19H,10H2,1-2H3. The summed E-state index contributed by atoms with van der Waals surface area (Å²) in [5, 5.41) is 3.39. The van der Waals surface area contributed by atoms with Gasteiger partial charge in [-0.3, -0.25) is 0 Å². The van der Waals surface area contributed by atoms with Crippen LogP contribution in [0.4, 0.5) is 0 Å². The van der Waals surface area contributed by atoms with E-state index in [0.29, 0.717) is 0 Å². The van der Waals surface area contributed by atoms with Gasteiger partial charge in [0.1, 0.15) is 5.75 Å². The SMILES string of the molecule is CNC(Cc1cc(OC)ccc1Br)c1ccc(I)cc1. The minimum Gasteiger partial charge on any atom is -0.497 e. The lowest BCUT2D eigenvalue weighted by Gasteiger charge is -2.18. The molecule has 0 aliphatic rings. The zero-order valence-corrected chi connectivity index (χ0v) is 15.2. The summed E-state index contributed by atoms with van der Waals surface area (Å²) in [6, 6.07) is 15.0. The maximum atomic E-state index is 5.30. The molecule has 0 heterocycles. The Balaban J connectivity index is 2.23. The summed E-state index contributed by atoms with van der Waals surface area (Å²) in [7, 11) is 3.69. The maximum absolute atomic E-state index is 5.30. The predicted octanol–water partition coefficient (Wildman–Crippen LogP) is 4.57. The van der Waals surface area contributed by atoms with Crippen LogP contribution in [-0.4, -0.2) is 14.2 Å². The van der Waals surface area contributed by atoms with Crippen LogP contribution in [0.3, 0.4) is 0 Å². The third-order valence-electron chi connectivity index (χ3n) is 3.30. The third-order valence-corrected chi connectivity index (χ3v) is 4.79. The van der Waals surface area contributed by atoms with Gasteiger partial charge in [0.2, 0.25) is 0 Å². The molecule has 2 aromatic carbocycles. The molecule has 106 valence electrons. The molecular weight excluding hydrogens is 429 g/mol. The van der Waals surface area contributed by atoms with E-state index >= 15 is 0 Å². The lowest BCUT2D eigenvalue weighted by molar-refractivity contribution is 0.414. The number of likely N-dealkylation sites (N-methyl/N-ethyl adjacent to an activating group) is 1. The van der Waals surface area contributed by atoms with Crippen molar-refractivity contribution in [3.8, 4) is 5.75 Å². The van der Waals surface area contributed by atoms with Crippen LogP contribution in [0.5, 0.6) is 5.75 Å². The molecule has 0 saturated heterocycles. The van der Waals surface area contributed by atoms with E-state index in [-0.39, 0.29) is 6.04 Å². The molecule has 0 radical (unpaired) electrons. The van der Waals surface area contributed by atoms with Crippen LogP contribution in [0.15, 0.2) is 46.9 Å². The fourth-order valence-corrected chi connectivity index (χ4v) is 2.90. The number of nitrogens with one attached hydrogen (secondary N) is 1. The van der Waals surface area contributed by atoms with E-state index in [9.17, 15) is 0 Å². The molecule has 4 heteroatoms. The van der Waals surface area contributed by atoms with Gasteiger partial charge in [-0.1, -0.05) is 28.1 Å². The van der Waals surface area contributed by atoms with E-state index in [4.69, 9.17) is 4.74 Å². The molecule has 2 rings (SSSR count). The zero-order chi connectivity index (χ0) is 14.5. The van der Waals surface area contributed by atoms with Crippen molar-refractivity contribution in [2.24, 2.45) is 0 Å². The molecule has 1 N–H and O–H groups in total. The normalized spacial score (nSPS) is 12.2. The van der Waals surface area contributed by atoms with Gasteiger partial charge < -0.3 is 10.1 Å². The summed E-state index contributed by atoms with van der Waals surface area (Å²) in [5.74, 6) is 0.890. The van der Waals surface area contributed by atoms with Crippen LogP contribution >= 0.6 is 38.5 Å². The van der Waals surface area contributed by atoms with Gasteiger partial charge in [-0.2, -0.15) is 0 Å². The second kappa shape index (κ2) is 7.43. The van der Waals surface area contributed by atoms with E-state index in [1.807, 2.05) is 19.2 Å². The molecule has 0 fully saturated rings. The second-order valence-corrected chi connectivity index (χ2v) is 6.65. The van der Waals surface area contributed by atoms with Crippen molar-refractivity contribution in [2.75, 3.05) is 14.2 Å². The van der Waals surface area contributed by atoms with Gasteiger partial charge in [-0.15, -0.1) is 0 Å². The van der Waals surface area contributed by atoms with Crippen molar-refractivity contribution in [1.82, 2.24) is 5.32 Å². The molecular formula is C16H17BrINO. The number of ether oxygens (including phenoxy) is 1. The van der Waals surface area contributed by atoms with Crippen molar-refractivity contribution < 1.29 is 4.74 Å². The topological polar surface area (TPSA) is 21.3 Å². The number of methoxy groups -OCH3 is 1. The Morgan fingerprint density at radius 1 is 1.20 bits per heavy atom. The molecule has 0 aliphatic heterocycles. The minimum atomic E-state index is 0.287. The molecule has 2 aromatic rings. The largest absolute Gasteiger partial charge is 0.497 e. The van der Waals surface area contributed by atoms with E-state index in [2.05, 4.69) is 74.2 Å². The Hall–Kier alpha value is -0.590. The quantitative estimate of drug-likeness (QED) is 0.681. The van der Waals surface area contributed by atoms with Crippen LogP contribution in [0, 0.1) is 3.57 Å². The number of hydrogen-bond donors (Lipinski definition) is 1. The van der Waals surface area contributed by atoms with Gasteiger partial charge in [0.05, 0.1) is 7.11 Å². The van der Waals surface area contributed by atoms with Crippen molar-refractivity contribution >= 4 is 38.5 Å². The summed E-state index contributed by atoms with van der Waals surface area (Å²) < 4.78 is 7.67. The van der Waals surface area contributed by atoms with Crippen LogP contribution < -0.4 is 10.1 Å². The van der Waals surface area contributed by atoms with Gasteiger partial charge in [-0.25, -0.2) is 0 Å². The minimum absolute atomic E-state index is 0.287. The number of halogens is 2. The molecule has 2 nitrogen and oxygen atoms in total. The van der Waals surface area contributed by atoms with Crippen molar-refractivity contribution in [1.29, 1.82) is 0 Å². The summed E-state index contributed by atoms with van der Waals surface area (Å²) in [6.07, 6.45) is 0.912. The number of rotatable bonds is 5. The van der Waals surface area contributed by atoms with Gasteiger partial charge in [0.25, 0.3) is 0 Å². The first-order chi connectivity index (χ1) is 9.63. The zero-order valence-electron chi connectivity index (χ0n) is 11.5. The van der Waals surface area contributed by atoms with Crippen LogP contribution in [-0.2, 0) is 6.42 Å². The van der Waals surface area contributed by atoms with E-state index in [1.165, 1.54) is 14.7 Å². The van der Waals surface area contributed by atoms with Crippen LogP contribution in [0.1, 0.15) is 17.2 Å². The first-order valence-electron chi connectivity index (χ1n) is 6.39. The highest BCUT2D eigenvalue weighted by molar-refractivity contribution is 14.1. The van der Waals surface area contributed by atoms with Crippen molar-refractivity contribution in [2.45, 2.75) is 12.5 Å². The Kier molecular flexibility index (Phi) is 5.86. The monoisotopic (exact) mass is 445 g/mol. The average Bonchev–Trinajstić information content (AvgIpc) is 2.47. The molecule has 0 saturated carbocycles. The molecule has 0 aliphatic carbocycles. The second-order valence-electron chi connectivity index (χ2n) is 4.55. The molecule has 0 aromatic heterocycles. The molecule has 0 amide bonds. The Bertz CT molecular complexity index is 571. The molecule has 0 bridgehead atoms. The van der Waals surface area contributed by atoms with Gasteiger partial charge in [0, 0.05) is 14.1 Å². The van der Waals surface area contributed by atoms with Crippen molar-refractivity contribution in [3.63, 3.8) is 0 Å². The Labute approximate surface area is 142 Å². The lowest BCUT2D eigenvalue weighted by Crippen LogP contribution is -2.19. The van der Waals surface area contributed by atoms with Gasteiger partial charge >= 0.3 is 0 Å². The number of hydrogen-bond acceptors (Lipinski definition) is 2. The molecule has 20 heavy (non-hydrogen) atoms. The highest BCUT2D eigenvalue weighted by Crippen LogP contribution is 2.27. The number of benzene rings is 2. The summed E-state index contributed by atoms with van der Waals surface area (Å²) in [4.78, 5) is 0. The van der Waals surface area contributed by atoms with Gasteiger partial charge in [-0.05, 0) is 77.5 Å². The molecule has 1 unspecified atom stereocenters.